The van der Waals surface area contributed by atoms with Gasteiger partial charge in [0.2, 0.25) is 0 Å². The molecular formula is C14H16O. The van der Waals surface area contributed by atoms with Crippen LogP contribution in [0.3, 0.4) is 0 Å². The molecule has 78 valence electrons. The molecule has 0 saturated carbocycles. The molecule has 0 aliphatic carbocycles. The Morgan fingerprint density at radius 2 is 1.80 bits per heavy atom. The minimum absolute atomic E-state index is 0.974. The lowest BCUT2D eigenvalue weighted by molar-refractivity contribution is 0.512. The summed E-state index contributed by atoms with van der Waals surface area (Å²) in [7, 11) is 0. The van der Waals surface area contributed by atoms with Crippen LogP contribution in [0.15, 0.2) is 46.9 Å². The highest BCUT2D eigenvalue weighted by Gasteiger charge is 2.03. The van der Waals surface area contributed by atoms with Gasteiger partial charge in [0.15, 0.2) is 0 Å². The summed E-state index contributed by atoms with van der Waals surface area (Å²) in [5, 5.41) is 0. The van der Waals surface area contributed by atoms with Crippen molar-refractivity contribution in [1.29, 1.82) is 0 Å². The number of benzene rings is 1. The van der Waals surface area contributed by atoms with Gasteiger partial charge in [-0.15, -0.1) is 0 Å². The van der Waals surface area contributed by atoms with Crippen LogP contribution in [-0.4, -0.2) is 0 Å². The van der Waals surface area contributed by atoms with Gasteiger partial charge < -0.3 is 4.42 Å². The van der Waals surface area contributed by atoms with Crippen molar-refractivity contribution in [2.45, 2.75) is 26.2 Å². The van der Waals surface area contributed by atoms with E-state index in [0.29, 0.717) is 0 Å². The van der Waals surface area contributed by atoms with Crippen molar-refractivity contribution < 1.29 is 4.42 Å². The van der Waals surface area contributed by atoms with E-state index in [1.165, 1.54) is 12.8 Å². The molecule has 0 aliphatic heterocycles. The van der Waals surface area contributed by atoms with Crippen LogP contribution in [0, 0.1) is 0 Å². The van der Waals surface area contributed by atoms with Crippen LogP contribution in [-0.2, 0) is 6.42 Å². The third-order valence-corrected chi connectivity index (χ3v) is 2.50. The number of rotatable bonds is 4. The Morgan fingerprint density at radius 1 is 1.00 bits per heavy atom. The Kier molecular flexibility index (Phi) is 3.23. The summed E-state index contributed by atoms with van der Waals surface area (Å²) in [4.78, 5) is 0. The maximum Gasteiger partial charge on any atom is 0.134 e. The molecule has 1 heterocycles. The molecule has 2 aromatic rings. The van der Waals surface area contributed by atoms with Gasteiger partial charge in [-0.25, -0.2) is 0 Å². The molecule has 0 aliphatic rings. The molecule has 1 heteroatoms. The topological polar surface area (TPSA) is 13.1 Å². The van der Waals surface area contributed by atoms with Crippen LogP contribution in [0.1, 0.15) is 25.5 Å². The first-order chi connectivity index (χ1) is 7.40. The fourth-order valence-electron chi connectivity index (χ4n) is 1.62. The summed E-state index contributed by atoms with van der Waals surface area (Å²) in [6, 6.07) is 14.4. The molecule has 15 heavy (non-hydrogen) atoms. The quantitative estimate of drug-likeness (QED) is 0.717. The van der Waals surface area contributed by atoms with E-state index in [1.807, 2.05) is 18.2 Å². The zero-order valence-corrected chi connectivity index (χ0v) is 9.07. The molecule has 1 aromatic carbocycles. The maximum atomic E-state index is 5.77. The lowest BCUT2D eigenvalue weighted by Gasteiger charge is -1.96. The lowest BCUT2D eigenvalue weighted by atomic mass is 10.2. The smallest absolute Gasteiger partial charge is 0.134 e. The monoisotopic (exact) mass is 200 g/mol. The molecule has 2 rings (SSSR count). The molecule has 1 aromatic heterocycles. The Balaban J connectivity index is 2.14. The normalized spacial score (nSPS) is 10.5. The van der Waals surface area contributed by atoms with Crippen molar-refractivity contribution in [3.05, 3.63) is 48.2 Å². The van der Waals surface area contributed by atoms with Crippen molar-refractivity contribution in [3.8, 4) is 11.3 Å². The first-order valence-corrected chi connectivity index (χ1v) is 5.54. The van der Waals surface area contributed by atoms with Crippen LogP contribution < -0.4 is 0 Å². The van der Waals surface area contributed by atoms with E-state index in [-0.39, 0.29) is 0 Å². The number of unbranched alkanes of at least 4 members (excludes halogenated alkanes) is 1. The molecule has 0 atom stereocenters. The van der Waals surface area contributed by atoms with Gasteiger partial charge in [0.05, 0.1) is 0 Å². The molecule has 0 N–H and O–H groups in total. The zero-order chi connectivity index (χ0) is 10.5. The van der Waals surface area contributed by atoms with Crippen LogP contribution in [0.25, 0.3) is 11.3 Å². The summed E-state index contributed by atoms with van der Waals surface area (Å²) in [5.41, 5.74) is 1.15. The molecule has 0 saturated heterocycles. The van der Waals surface area contributed by atoms with Gasteiger partial charge >= 0.3 is 0 Å². The Hall–Kier alpha value is -1.50. The molecule has 0 radical (unpaired) electrons. The Bertz CT molecular complexity index is 400. The summed E-state index contributed by atoms with van der Waals surface area (Å²) in [6.45, 7) is 2.20. The largest absolute Gasteiger partial charge is 0.461 e. The second-order valence-corrected chi connectivity index (χ2v) is 3.74. The summed E-state index contributed by atoms with van der Waals surface area (Å²) in [5.74, 6) is 2.07. The third-order valence-electron chi connectivity index (χ3n) is 2.50. The van der Waals surface area contributed by atoms with Crippen LogP contribution >= 0.6 is 0 Å². The van der Waals surface area contributed by atoms with Gasteiger partial charge in [-0.3, -0.25) is 0 Å². The number of hydrogen-bond acceptors (Lipinski definition) is 1. The van der Waals surface area contributed by atoms with Gasteiger partial charge in [0.1, 0.15) is 11.5 Å². The highest BCUT2D eigenvalue weighted by atomic mass is 16.3. The predicted molar refractivity (Wildman–Crippen MR) is 62.8 cm³/mol. The second-order valence-electron chi connectivity index (χ2n) is 3.74. The number of hydrogen-bond donors (Lipinski definition) is 0. The Morgan fingerprint density at radius 3 is 2.53 bits per heavy atom. The second kappa shape index (κ2) is 4.83. The number of furan rings is 1. The molecule has 0 amide bonds. The average Bonchev–Trinajstić information content (AvgIpc) is 2.76. The fraction of sp³-hybridized carbons (Fsp3) is 0.286. The van der Waals surface area contributed by atoms with Crippen molar-refractivity contribution in [1.82, 2.24) is 0 Å². The molecule has 1 nitrogen and oxygen atoms in total. The molecule has 0 spiro atoms. The van der Waals surface area contributed by atoms with E-state index >= 15 is 0 Å². The first kappa shape index (κ1) is 10.0. The highest BCUT2D eigenvalue weighted by Crippen LogP contribution is 2.22. The summed E-state index contributed by atoms with van der Waals surface area (Å²) in [6.07, 6.45) is 3.45. The minimum Gasteiger partial charge on any atom is -0.461 e. The lowest BCUT2D eigenvalue weighted by Crippen LogP contribution is -1.79. The van der Waals surface area contributed by atoms with Crippen molar-refractivity contribution >= 4 is 0 Å². The maximum absolute atomic E-state index is 5.77. The van der Waals surface area contributed by atoms with Crippen molar-refractivity contribution in [2.24, 2.45) is 0 Å². The van der Waals surface area contributed by atoms with Crippen molar-refractivity contribution in [3.63, 3.8) is 0 Å². The van der Waals surface area contributed by atoms with Gasteiger partial charge in [0, 0.05) is 12.0 Å². The standard InChI is InChI=1S/C14H16O/c1-2-3-9-13-10-11-14(15-13)12-7-5-4-6-8-12/h4-8,10-11H,2-3,9H2,1H3. The van der Waals surface area contributed by atoms with Crippen molar-refractivity contribution in [2.75, 3.05) is 0 Å². The zero-order valence-electron chi connectivity index (χ0n) is 9.07. The third kappa shape index (κ3) is 2.50. The highest BCUT2D eigenvalue weighted by molar-refractivity contribution is 5.57. The van der Waals surface area contributed by atoms with E-state index < -0.39 is 0 Å². The SMILES string of the molecule is CCCCc1ccc(-c2ccccc2)o1. The fourth-order valence-corrected chi connectivity index (χ4v) is 1.62. The van der Waals surface area contributed by atoms with Gasteiger partial charge in [-0.1, -0.05) is 43.7 Å². The van der Waals surface area contributed by atoms with Gasteiger partial charge in [-0.05, 0) is 18.6 Å². The molecule has 0 unspecified atom stereocenters. The minimum atomic E-state index is 0.974. The molecule has 0 bridgehead atoms. The average molecular weight is 200 g/mol. The van der Waals surface area contributed by atoms with Gasteiger partial charge in [-0.2, -0.15) is 0 Å². The van der Waals surface area contributed by atoms with E-state index in [9.17, 15) is 0 Å². The van der Waals surface area contributed by atoms with Gasteiger partial charge in [0.25, 0.3) is 0 Å². The van der Waals surface area contributed by atoms with Crippen LogP contribution in [0.2, 0.25) is 0 Å². The van der Waals surface area contributed by atoms with Crippen LogP contribution in [0.4, 0.5) is 0 Å². The first-order valence-electron chi connectivity index (χ1n) is 5.54. The molecule has 0 fully saturated rings. The van der Waals surface area contributed by atoms with E-state index in [2.05, 4.69) is 31.2 Å². The van der Waals surface area contributed by atoms with E-state index in [1.54, 1.807) is 0 Å². The van der Waals surface area contributed by atoms with Crippen LogP contribution in [0.5, 0.6) is 0 Å². The van der Waals surface area contributed by atoms with E-state index in [0.717, 1.165) is 23.5 Å². The Labute approximate surface area is 90.7 Å². The summed E-state index contributed by atoms with van der Waals surface area (Å²) < 4.78 is 5.77. The predicted octanol–water partition coefficient (Wildman–Crippen LogP) is 4.29. The van der Waals surface area contributed by atoms with E-state index in [4.69, 9.17) is 4.42 Å². The number of aryl methyl sites for hydroxylation is 1. The summed E-state index contributed by atoms with van der Waals surface area (Å²) >= 11 is 0. The molecular weight excluding hydrogens is 184 g/mol.